The van der Waals surface area contributed by atoms with E-state index in [2.05, 4.69) is 4.98 Å². The molecule has 0 bridgehead atoms. The molecule has 0 spiro atoms. The van der Waals surface area contributed by atoms with Gasteiger partial charge >= 0.3 is 5.97 Å². The van der Waals surface area contributed by atoms with E-state index in [0.29, 0.717) is 29.1 Å². The maximum absolute atomic E-state index is 12.5. The van der Waals surface area contributed by atoms with Crippen molar-refractivity contribution in [3.8, 4) is 0 Å². The molecule has 0 radical (unpaired) electrons. The number of rotatable bonds is 6. The number of aromatic nitrogens is 3. The molecule has 28 heavy (non-hydrogen) atoms. The molecule has 1 fully saturated rings. The van der Waals surface area contributed by atoms with Gasteiger partial charge in [-0.1, -0.05) is 12.1 Å². The maximum Gasteiger partial charge on any atom is 0.344 e. The fourth-order valence-electron chi connectivity index (χ4n) is 3.75. The molecule has 0 atom stereocenters. The molecule has 2 aromatic heterocycles. The molecular weight excluding hydrogens is 358 g/mol. The molecule has 0 aliphatic carbocycles. The number of nitrogens with one attached hydrogen (secondary N) is 1. The van der Waals surface area contributed by atoms with Crippen LogP contribution in [0.4, 0.5) is 5.82 Å². The lowest BCUT2D eigenvalue weighted by atomic mass is 10.2. The zero-order valence-corrected chi connectivity index (χ0v) is 16.1. The van der Waals surface area contributed by atoms with E-state index in [1.165, 1.54) is 4.90 Å². The number of aryl methyl sites for hydroxylation is 1. The third kappa shape index (κ3) is 3.53. The zero-order chi connectivity index (χ0) is 19.5. The first kappa shape index (κ1) is 18.6. The number of nitrogens with two attached hydrogens (primary N) is 1. The molecule has 1 aliphatic rings. The summed E-state index contributed by atoms with van der Waals surface area (Å²) in [5, 5.41) is 0. The summed E-state index contributed by atoms with van der Waals surface area (Å²) in [6, 6.07) is 7.62. The standard InChI is InChI=1S/C20H25N5O3/c1-2-28-20(26)16-17-19(23-15-7-4-3-6-14(15)22-17)25(18(16)21)9-5-8-24-10-12-27-13-11-24/h3-4,6-7H,2,5,8-13,21H2,1H3/p+1. The normalized spacial score (nSPS) is 15.3. The minimum Gasteiger partial charge on any atom is -0.462 e. The molecule has 0 saturated carbocycles. The molecule has 0 amide bonds. The number of nitrogen functional groups attached to an aromatic ring is 1. The van der Waals surface area contributed by atoms with E-state index in [1.54, 1.807) is 6.92 Å². The molecule has 1 aliphatic heterocycles. The molecule has 3 N–H and O–H groups in total. The predicted molar refractivity (Wildman–Crippen MR) is 106 cm³/mol. The molecule has 0 unspecified atom stereocenters. The Kier molecular flexibility index (Phi) is 5.40. The van der Waals surface area contributed by atoms with E-state index >= 15 is 0 Å². The van der Waals surface area contributed by atoms with Gasteiger partial charge in [-0.2, -0.15) is 0 Å². The smallest absolute Gasteiger partial charge is 0.344 e. The van der Waals surface area contributed by atoms with Crippen molar-refractivity contribution in [3.63, 3.8) is 0 Å². The lowest BCUT2D eigenvalue weighted by Crippen LogP contribution is -3.14. The summed E-state index contributed by atoms with van der Waals surface area (Å²) in [5.41, 5.74) is 9.35. The van der Waals surface area contributed by atoms with Crippen LogP contribution < -0.4 is 10.6 Å². The van der Waals surface area contributed by atoms with Crippen LogP contribution in [0.25, 0.3) is 22.2 Å². The predicted octanol–water partition coefficient (Wildman–Crippen LogP) is 0.649. The SMILES string of the molecule is CCOC(=O)c1c(N)n(CCC[NH+]2CCOCC2)c2nc3ccccc3nc12. The van der Waals surface area contributed by atoms with Gasteiger partial charge in [-0.05, 0) is 19.1 Å². The molecule has 4 rings (SSSR count). The maximum atomic E-state index is 12.5. The summed E-state index contributed by atoms with van der Waals surface area (Å²) in [5.74, 6) is -0.0760. The Balaban J connectivity index is 1.70. The quantitative estimate of drug-likeness (QED) is 0.606. The Hall–Kier alpha value is -2.71. The van der Waals surface area contributed by atoms with Gasteiger partial charge in [0.05, 0.1) is 37.4 Å². The zero-order valence-electron chi connectivity index (χ0n) is 16.1. The average Bonchev–Trinajstić information content (AvgIpc) is 2.98. The van der Waals surface area contributed by atoms with Gasteiger partial charge in [-0.15, -0.1) is 0 Å². The Labute approximate surface area is 163 Å². The van der Waals surface area contributed by atoms with E-state index in [-0.39, 0.29) is 6.61 Å². The minimum atomic E-state index is -0.452. The number of anilines is 1. The summed E-state index contributed by atoms with van der Waals surface area (Å²) in [6.45, 7) is 7.45. The highest BCUT2D eigenvalue weighted by Gasteiger charge is 2.25. The van der Waals surface area contributed by atoms with Crippen LogP contribution in [0, 0.1) is 0 Å². The first-order valence-electron chi connectivity index (χ1n) is 9.82. The second-order valence-corrected chi connectivity index (χ2v) is 6.98. The fourth-order valence-corrected chi connectivity index (χ4v) is 3.75. The lowest BCUT2D eigenvalue weighted by Gasteiger charge is -2.23. The number of nitrogens with zero attached hydrogens (tertiary/aromatic N) is 3. The second-order valence-electron chi connectivity index (χ2n) is 6.98. The molecule has 1 saturated heterocycles. The number of hydrogen-bond acceptors (Lipinski definition) is 6. The Morgan fingerprint density at radius 1 is 1.25 bits per heavy atom. The summed E-state index contributed by atoms with van der Waals surface area (Å²) in [7, 11) is 0. The van der Waals surface area contributed by atoms with E-state index in [9.17, 15) is 4.79 Å². The number of benzene rings is 1. The van der Waals surface area contributed by atoms with Crippen LogP contribution >= 0.6 is 0 Å². The highest BCUT2D eigenvalue weighted by molar-refractivity contribution is 6.08. The number of esters is 1. The van der Waals surface area contributed by atoms with Gasteiger partial charge in [-0.25, -0.2) is 14.8 Å². The lowest BCUT2D eigenvalue weighted by molar-refractivity contribution is -0.908. The van der Waals surface area contributed by atoms with Gasteiger partial charge in [0.1, 0.15) is 30.0 Å². The molecule has 148 valence electrons. The number of quaternary nitrogens is 1. The second kappa shape index (κ2) is 8.12. The molecular formula is C20H26N5O3+. The molecule has 8 nitrogen and oxygen atoms in total. The molecule has 3 aromatic rings. The van der Waals surface area contributed by atoms with Crippen LogP contribution in [0.2, 0.25) is 0 Å². The Morgan fingerprint density at radius 3 is 2.68 bits per heavy atom. The van der Waals surface area contributed by atoms with Crippen molar-refractivity contribution >= 4 is 34.0 Å². The van der Waals surface area contributed by atoms with Gasteiger partial charge in [0, 0.05) is 13.0 Å². The molecule has 1 aromatic carbocycles. The van der Waals surface area contributed by atoms with Crippen LogP contribution in [0.1, 0.15) is 23.7 Å². The van der Waals surface area contributed by atoms with Gasteiger partial charge in [0.15, 0.2) is 5.65 Å². The van der Waals surface area contributed by atoms with Gasteiger partial charge in [0.2, 0.25) is 0 Å². The van der Waals surface area contributed by atoms with Gasteiger partial charge in [0.25, 0.3) is 0 Å². The molecule has 3 heterocycles. The first-order valence-corrected chi connectivity index (χ1v) is 9.82. The van der Waals surface area contributed by atoms with Gasteiger partial charge in [-0.3, -0.25) is 0 Å². The third-order valence-corrected chi connectivity index (χ3v) is 5.18. The first-order chi connectivity index (χ1) is 13.7. The Morgan fingerprint density at radius 2 is 1.96 bits per heavy atom. The number of morpholine rings is 1. The topological polar surface area (TPSA) is 96.7 Å². The van der Waals surface area contributed by atoms with Crippen molar-refractivity contribution in [3.05, 3.63) is 29.8 Å². The van der Waals surface area contributed by atoms with E-state index in [4.69, 9.17) is 20.2 Å². The monoisotopic (exact) mass is 384 g/mol. The van der Waals surface area contributed by atoms with Crippen molar-refractivity contribution in [2.45, 2.75) is 19.9 Å². The average molecular weight is 384 g/mol. The van der Waals surface area contributed by atoms with Crippen molar-refractivity contribution in [1.82, 2.24) is 14.5 Å². The summed E-state index contributed by atoms with van der Waals surface area (Å²) >= 11 is 0. The van der Waals surface area contributed by atoms with Crippen molar-refractivity contribution < 1.29 is 19.2 Å². The summed E-state index contributed by atoms with van der Waals surface area (Å²) in [6.07, 6.45) is 0.931. The number of ether oxygens (including phenoxy) is 2. The number of para-hydroxylation sites is 2. The van der Waals surface area contributed by atoms with Crippen LogP contribution in [0.5, 0.6) is 0 Å². The van der Waals surface area contributed by atoms with Crippen LogP contribution in [0.15, 0.2) is 24.3 Å². The van der Waals surface area contributed by atoms with Gasteiger partial charge < -0.3 is 24.7 Å². The largest absolute Gasteiger partial charge is 0.462 e. The number of carbonyl (C=O) groups is 1. The van der Waals surface area contributed by atoms with Crippen LogP contribution in [0.3, 0.4) is 0 Å². The van der Waals surface area contributed by atoms with E-state index < -0.39 is 5.97 Å². The van der Waals surface area contributed by atoms with E-state index in [0.717, 1.165) is 50.3 Å². The molecule has 8 heteroatoms. The van der Waals surface area contributed by atoms with Crippen molar-refractivity contribution in [2.24, 2.45) is 0 Å². The number of hydrogen-bond donors (Lipinski definition) is 2. The highest BCUT2D eigenvalue weighted by Crippen LogP contribution is 2.28. The third-order valence-electron chi connectivity index (χ3n) is 5.18. The number of fused-ring (bicyclic) bond motifs is 2. The summed E-state index contributed by atoms with van der Waals surface area (Å²) < 4.78 is 12.5. The van der Waals surface area contributed by atoms with E-state index in [1.807, 2.05) is 28.8 Å². The van der Waals surface area contributed by atoms with Crippen LogP contribution in [-0.4, -0.2) is 60.0 Å². The van der Waals surface area contributed by atoms with Crippen molar-refractivity contribution in [2.75, 3.05) is 45.2 Å². The Bertz CT molecular complexity index is 994. The van der Waals surface area contributed by atoms with Crippen LogP contribution in [-0.2, 0) is 16.0 Å². The summed E-state index contributed by atoms with van der Waals surface area (Å²) in [4.78, 5) is 23.5. The highest BCUT2D eigenvalue weighted by atomic mass is 16.5. The fraction of sp³-hybridized carbons (Fsp3) is 0.450. The van der Waals surface area contributed by atoms with Crippen molar-refractivity contribution in [1.29, 1.82) is 0 Å². The minimum absolute atomic E-state index is 0.284. The number of carbonyl (C=O) groups excluding carboxylic acids is 1.